The van der Waals surface area contributed by atoms with Crippen LogP contribution in [-0.2, 0) is 20.9 Å². The third-order valence-corrected chi connectivity index (χ3v) is 2.42. The Balaban J connectivity index is 2.30. The first-order chi connectivity index (χ1) is 8.63. The number of carbonyl (C=O) groups excluding carboxylic acids is 2. The molecule has 0 saturated carbocycles. The summed E-state index contributed by atoms with van der Waals surface area (Å²) in [6.45, 7) is 2.11. The molecule has 1 atom stereocenters. The van der Waals surface area contributed by atoms with Gasteiger partial charge in [-0.2, -0.15) is 0 Å². The van der Waals surface area contributed by atoms with Crippen molar-refractivity contribution in [1.82, 2.24) is 5.32 Å². The third-order valence-electron chi connectivity index (χ3n) is 2.42. The van der Waals surface area contributed by atoms with Crippen molar-refractivity contribution in [3.63, 3.8) is 0 Å². The molecule has 0 fully saturated rings. The number of esters is 1. The summed E-state index contributed by atoms with van der Waals surface area (Å²) in [5.41, 5.74) is 6.08. The summed E-state index contributed by atoms with van der Waals surface area (Å²) in [6, 6.07) is 9.43. The van der Waals surface area contributed by atoms with Crippen molar-refractivity contribution < 1.29 is 14.3 Å². The van der Waals surface area contributed by atoms with Crippen LogP contribution in [0.25, 0.3) is 0 Å². The minimum Gasteiger partial charge on any atom is -0.461 e. The summed E-state index contributed by atoms with van der Waals surface area (Å²) in [4.78, 5) is 22.5. The first-order valence-electron chi connectivity index (χ1n) is 5.80. The molecule has 0 radical (unpaired) electrons. The summed E-state index contributed by atoms with van der Waals surface area (Å²) < 4.78 is 5.13. The van der Waals surface area contributed by atoms with Gasteiger partial charge in [-0.25, -0.2) is 0 Å². The Kier molecular flexibility index (Phi) is 5.87. The van der Waals surface area contributed by atoms with Crippen molar-refractivity contribution in [1.29, 1.82) is 0 Å². The average Bonchev–Trinajstić information content (AvgIpc) is 2.42. The van der Waals surface area contributed by atoms with Gasteiger partial charge < -0.3 is 15.8 Å². The van der Waals surface area contributed by atoms with Gasteiger partial charge in [0, 0.05) is 6.54 Å². The molecule has 1 aromatic carbocycles. The molecule has 1 amide bonds. The average molecular weight is 250 g/mol. The quantitative estimate of drug-likeness (QED) is 0.718. The SMILES string of the molecule is C[C@H](CNC(=O)CN)C(=O)OCc1ccccc1. The lowest BCUT2D eigenvalue weighted by Gasteiger charge is -2.12. The van der Waals surface area contributed by atoms with E-state index >= 15 is 0 Å². The molecule has 5 nitrogen and oxygen atoms in total. The molecule has 0 saturated heterocycles. The molecule has 3 N–H and O–H groups in total. The Morgan fingerprint density at radius 3 is 2.61 bits per heavy atom. The van der Waals surface area contributed by atoms with Crippen molar-refractivity contribution in [3.05, 3.63) is 35.9 Å². The standard InChI is InChI=1S/C13H18N2O3/c1-10(8-15-12(16)7-14)13(17)18-9-11-5-3-2-4-6-11/h2-6,10H,7-9,14H2,1H3,(H,15,16)/t10-/m1/s1. The number of carbonyl (C=O) groups is 2. The van der Waals surface area contributed by atoms with E-state index in [0.717, 1.165) is 5.56 Å². The zero-order valence-electron chi connectivity index (χ0n) is 10.4. The molecule has 0 spiro atoms. The van der Waals surface area contributed by atoms with Crippen LogP contribution < -0.4 is 11.1 Å². The van der Waals surface area contributed by atoms with Crippen molar-refractivity contribution in [2.45, 2.75) is 13.5 Å². The summed E-state index contributed by atoms with van der Waals surface area (Å²) in [5.74, 6) is -1.00. The van der Waals surface area contributed by atoms with E-state index in [1.807, 2.05) is 30.3 Å². The Bertz CT molecular complexity index is 392. The fourth-order valence-corrected chi connectivity index (χ4v) is 1.29. The molecule has 1 aromatic rings. The van der Waals surface area contributed by atoms with Crippen LogP contribution in [0.4, 0.5) is 0 Å². The number of rotatable bonds is 6. The maximum atomic E-state index is 11.6. The molecule has 0 heterocycles. The fourth-order valence-electron chi connectivity index (χ4n) is 1.29. The summed E-state index contributed by atoms with van der Waals surface area (Å²) in [5, 5.41) is 2.55. The molecule has 1 rings (SSSR count). The van der Waals surface area contributed by atoms with E-state index in [9.17, 15) is 9.59 Å². The minimum atomic E-state index is -0.385. The number of benzene rings is 1. The normalized spacial score (nSPS) is 11.7. The monoisotopic (exact) mass is 250 g/mol. The van der Waals surface area contributed by atoms with Crippen LogP contribution in [0.15, 0.2) is 30.3 Å². The molecule has 0 aliphatic rings. The van der Waals surface area contributed by atoms with Crippen LogP contribution in [0.5, 0.6) is 0 Å². The van der Waals surface area contributed by atoms with E-state index in [-0.39, 0.29) is 37.5 Å². The smallest absolute Gasteiger partial charge is 0.310 e. The molecule has 5 heteroatoms. The highest BCUT2D eigenvalue weighted by atomic mass is 16.5. The predicted molar refractivity (Wildman–Crippen MR) is 67.5 cm³/mol. The van der Waals surface area contributed by atoms with Gasteiger partial charge in [0.2, 0.25) is 5.91 Å². The van der Waals surface area contributed by atoms with E-state index < -0.39 is 0 Å². The topological polar surface area (TPSA) is 81.4 Å². The van der Waals surface area contributed by atoms with Crippen molar-refractivity contribution in [3.8, 4) is 0 Å². The van der Waals surface area contributed by atoms with Crippen LogP contribution in [0.1, 0.15) is 12.5 Å². The predicted octanol–water partition coefficient (Wildman–Crippen LogP) is 0.441. The molecule has 0 bridgehead atoms. The van der Waals surface area contributed by atoms with Gasteiger partial charge in [0.25, 0.3) is 0 Å². The molecule has 0 unspecified atom stereocenters. The summed E-state index contributed by atoms with van der Waals surface area (Å²) in [6.07, 6.45) is 0. The van der Waals surface area contributed by atoms with Gasteiger partial charge in [-0.1, -0.05) is 37.3 Å². The van der Waals surface area contributed by atoms with E-state index in [4.69, 9.17) is 10.5 Å². The van der Waals surface area contributed by atoms with Gasteiger partial charge >= 0.3 is 5.97 Å². The van der Waals surface area contributed by atoms with Crippen molar-refractivity contribution in [2.24, 2.45) is 11.7 Å². The molecule has 0 aliphatic heterocycles. The lowest BCUT2D eigenvalue weighted by molar-refractivity contribution is -0.149. The second-order valence-electron chi connectivity index (χ2n) is 4.00. The third kappa shape index (κ3) is 4.97. The van der Waals surface area contributed by atoms with E-state index in [1.165, 1.54) is 0 Å². The van der Waals surface area contributed by atoms with Crippen molar-refractivity contribution >= 4 is 11.9 Å². The van der Waals surface area contributed by atoms with Gasteiger partial charge in [-0.15, -0.1) is 0 Å². The second-order valence-corrected chi connectivity index (χ2v) is 4.00. The molecule has 0 aromatic heterocycles. The van der Waals surface area contributed by atoms with E-state index in [2.05, 4.69) is 5.32 Å². The van der Waals surface area contributed by atoms with Gasteiger partial charge in [0.15, 0.2) is 0 Å². The number of hydrogen-bond acceptors (Lipinski definition) is 4. The molecular formula is C13H18N2O3. The first kappa shape index (κ1) is 14.2. The number of amides is 1. The highest BCUT2D eigenvalue weighted by Gasteiger charge is 2.15. The summed E-state index contributed by atoms with van der Waals surface area (Å²) >= 11 is 0. The van der Waals surface area contributed by atoms with E-state index in [1.54, 1.807) is 6.92 Å². The number of nitrogens with one attached hydrogen (secondary N) is 1. The van der Waals surface area contributed by atoms with E-state index in [0.29, 0.717) is 0 Å². The van der Waals surface area contributed by atoms with Crippen LogP contribution >= 0.6 is 0 Å². The molecular weight excluding hydrogens is 232 g/mol. The van der Waals surface area contributed by atoms with Gasteiger partial charge in [-0.05, 0) is 5.56 Å². The first-order valence-corrected chi connectivity index (χ1v) is 5.80. The lowest BCUT2D eigenvalue weighted by Crippen LogP contribution is -2.36. The maximum absolute atomic E-state index is 11.6. The number of ether oxygens (including phenoxy) is 1. The van der Waals surface area contributed by atoms with Gasteiger partial charge in [-0.3, -0.25) is 9.59 Å². The maximum Gasteiger partial charge on any atom is 0.310 e. The highest BCUT2D eigenvalue weighted by Crippen LogP contribution is 2.04. The van der Waals surface area contributed by atoms with Gasteiger partial charge in [0.1, 0.15) is 6.61 Å². The van der Waals surface area contributed by atoms with Crippen LogP contribution in [0.2, 0.25) is 0 Å². The molecule has 0 aliphatic carbocycles. The highest BCUT2D eigenvalue weighted by molar-refractivity contribution is 5.79. The zero-order chi connectivity index (χ0) is 13.4. The largest absolute Gasteiger partial charge is 0.461 e. The van der Waals surface area contributed by atoms with Crippen LogP contribution in [-0.4, -0.2) is 25.0 Å². The Hall–Kier alpha value is -1.88. The minimum absolute atomic E-state index is 0.0776. The Labute approximate surface area is 106 Å². The number of hydrogen-bond donors (Lipinski definition) is 2. The number of nitrogens with two attached hydrogens (primary N) is 1. The Morgan fingerprint density at radius 2 is 2.00 bits per heavy atom. The molecule has 98 valence electrons. The Morgan fingerprint density at radius 1 is 1.33 bits per heavy atom. The van der Waals surface area contributed by atoms with Crippen LogP contribution in [0.3, 0.4) is 0 Å². The van der Waals surface area contributed by atoms with Gasteiger partial charge in [0.05, 0.1) is 12.5 Å². The fraction of sp³-hybridized carbons (Fsp3) is 0.385. The molecule has 18 heavy (non-hydrogen) atoms. The second kappa shape index (κ2) is 7.45. The lowest BCUT2D eigenvalue weighted by atomic mass is 10.2. The summed E-state index contributed by atoms with van der Waals surface area (Å²) in [7, 11) is 0. The zero-order valence-corrected chi connectivity index (χ0v) is 10.4. The van der Waals surface area contributed by atoms with Crippen LogP contribution in [0, 0.1) is 5.92 Å². The van der Waals surface area contributed by atoms with Crippen molar-refractivity contribution in [2.75, 3.05) is 13.1 Å².